The molecule has 1 aromatic rings. The summed E-state index contributed by atoms with van der Waals surface area (Å²) in [4.78, 5) is 11.1. The molecule has 0 saturated carbocycles. The summed E-state index contributed by atoms with van der Waals surface area (Å²) in [5.41, 5.74) is 0.0460. The molecule has 1 aliphatic rings. The number of fused-ring (bicyclic) bond motifs is 1. The lowest BCUT2D eigenvalue weighted by molar-refractivity contribution is 0.0319. The van der Waals surface area contributed by atoms with Crippen LogP contribution in [0, 0.1) is 0 Å². The number of amides is 2. The summed E-state index contributed by atoms with van der Waals surface area (Å²) in [5.74, 6) is 0. The van der Waals surface area contributed by atoms with Crippen LogP contribution in [0.2, 0.25) is 0 Å². The largest absolute Gasteiger partial charge is 0.367 e. The van der Waals surface area contributed by atoms with E-state index in [1.54, 1.807) is 25.1 Å². The second-order valence-electron chi connectivity index (χ2n) is 3.20. The third-order valence-electron chi connectivity index (χ3n) is 2.06. The van der Waals surface area contributed by atoms with Crippen molar-refractivity contribution in [3.63, 3.8) is 0 Å². The zero-order valence-electron chi connectivity index (χ0n) is 7.16. The minimum Gasteiger partial charge on any atom is -0.367 e. The Morgan fingerprint density at radius 2 is 2.08 bits per heavy atom. The molecular formula is C9H10N2O2. The number of nitrogens with one attached hydrogen (secondary N) is 2. The molecule has 3 N–H and O–H groups in total. The quantitative estimate of drug-likeness (QED) is 0.554. The molecule has 0 aromatic heterocycles. The molecule has 4 heteroatoms. The number of rotatable bonds is 0. The molecular weight excluding hydrogens is 168 g/mol. The first-order chi connectivity index (χ1) is 6.09. The third-order valence-corrected chi connectivity index (χ3v) is 2.06. The van der Waals surface area contributed by atoms with Crippen molar-refractivity contribution in [2.24, 2.45) is 0 Å². The van der Waals surface area contributed by atoms with E-state index in [4.69, 9.17) is 0 Å². The van der Waals surface area contributed by atoms with Crippen molar-refractivity contribution in [1.82, 2.24) is 5.32 Å². The molecule has 1 heterocycles. The number of benzene rings is 1. The molecule has 1 atom stereocenters. The molecule has 0 radical (unpaired) electrons. The normalized spacial score (nSPS) is 25.8. The fraction of sp³-hybridized carbons (Fsp3) is 0.222. The van der Waals surface area contributed by atoms with Crippen molar-refractivity contribution in [2.45, 2.75) is 12.6 Å². The molecule has 1 aliphatic heterocycles. The third kappa shape index (κ3) is 1.25. The summed E-state index contributed by atoms with van der Waals surface area (Å²) in [6, 6.07) is 6.75. The van der Waals surface area contributed by atoms with Crippen LogP contribution in [0.1, 0.15) is 12.5 Å². The molecule has 0 saturated heterocycles. The van der Waals surface area contributed by atoms with Crippen LogP contribution in [0.15, 0.2) is 24.3 Å². The monoisotopic (exact) mass is 178 g/mol. The number of aliphatic hydroxyl groups is 1. The van der Waals surface area contributed by atoms with Gasteiger partial charge in [0.2, 0.25) is 0 Å². The van der Waals surface area contributed by atoms with E-state index in [1.807, 2.05) is 6.07 Å². The molecule has 13 heavy (non-hydrogen) atoms. The minimum absolute atomic E-state index is 0.385. The van der Waals surface area contributed by atoms with Crippen molar-refractivity contribution in [3.05, 3.63) is 29.8 Å². The van der Waals surface area contributed by atoms with Gasteiger partial charge in [-0.15, -0.1) is 0 Å². The van der Waals surface area contributed by atoms with Gasteiger partial charge in [-0.1, -0.05) is 18.2 Å². The highest BCUT2D eigenvalue weighted by molar-refractivity contribution is 5.93. The van der Waals surface area contributed by atoms with Gasteiger partial charge >= 0.3 is 6.03 Å². The molecule has 0 fully saturated rings. The van der Waals surface area contributed by atoms with Gasteiger partial charge in [0.25, 0.3) is 0 Å². The maximum Gasteiger partial charge on any atom is 0.321 e. The van der Waals surface area contributed by atoms with Crippen LogP contribution in [-0.4, -0.2) is 11.1 Å². The molecule has 1 unspecified atom stereocenters. The fourth-order valence-corrected chi connectivity index (χ4v) is 1.46. The molecule has 0 spiro atoms. The Morgan fingerprint density at radius 1 is 1.38 bits per heavy atom. The number of carbonyl (C=O) groups is 1. The van der Waals surface area contributed by atoms with Crippen molar-refractivity contribution in [1.29, 1.82) is 0 Å². The van der Waals surface area contributed by atoms with E-state index in [-0.39, 0.29) is 6.03 Å². The number of para-hydroxylation sites is 1. The molecule has 0 aliphatic carbocycles. The lowest BCUT2D eigenvalue weighted by Crippen LogP contribution is -2.49. The Kier molecular flexibility index (Phi) is 1.53. The van der Waals surface area contributed by atoms with Crippen LogP contribution < -0.4 is 10.6 Å². The van der Waals surface area contributed by atoms with E-state index in [9.17, 15) is 9.90 Å². The molecule has 68 valence electrons. The van der Waals surface area contributed by atoms with Crippen LogP contribution in [0.4, 0.5) is 10.5 Å². The lowest BCUT2D eigenvalue weighted by atomic mass is 10.0. The summed E-state index contributed by atoms with van der Waals surface area (Å²) in [5, 5.41) is 14.8. The van der Waals surface area contributed by atoms with Crippen molar-refractivity contribution in [2.75, 3.05) is 5.32 Å². The highest BCUT2D eigenvalue weighted by Crippen LogP contribution is 2.28. The zero-order valence-corrected chi connectivity index (χ0v) is 7.16. The first-order valence-electron chi connectivity index (χ1n) is 4.01. The van der Waals surface area contributed by atoms with Gasteiger partial charge in [0, 0.05) is 5.56 Å². The molecule has 0 bridgehead atoms. The van der Waals surface area contributed by atoms with Crippen LogP contribution >= 0.6 is 0 Å². The predicted octanol–water partition coefficient (Wildman–Crippen LogP) is 0.987. The van der Waals surface area contributed by atoms with Gasteiger partial charge in [0.15, 0.2) is 5.72 Å². The van der Waals surface area contributed by atoms with Crippen molar-refractivity contribution < 1.29 is 9.90 Å². The number of hydrogen-bond donors (Lipinski definition) is 3. The molecule has 4 nitrogen and oxygen atoms in total. The van der Waals surface area contributed by atoms with Gasteiger partial charge in [-0.2, -0.15) is 0 Å². The minimum atomic E-state index is -1.28. The Labute approximate surface area is 75.6 Å². The number of urea groups is 1. The van der Waals surface area contributed by atoms with E-state index < -0.39 is 5.72 Å². The average Bonchev–Trinajstić information content (AvgIpc) is 2.02. The summed E-state index contributed by atoms with van der Waals surface area (Å²) >= 11 is 0. The second kappa shape index (κ2) is 2.47. The van der Waals surface area contributed by atoms with E-state index in [2.05, 4.69) is 10.6 Å². The van der Waals surface area contributed by atoms with E-state index >= 15 is 0 Å². The summed E-state index contributed by atoms with van der Waals surface area (Å²) in [7, 11) is 0. The molecule has 2 rings (SSSR count). The van der Waals surface area contributed by atoms with Crippen LogP contribution in [-0.2, 0) is 5.72 Å². The van der Waals surface area contributed by atoms with Gasteiger partial charge in [-0.05, 0) is 13.0 Å². The zero-order chi connectivity index (χ0) is 9.47. The highest BCUT2D eigenvalue weighted by atomic mass is 16.3. The summed E-state index contributed by atoms with van der Waals surface area (Å²) in [6.45, 7) is 1.55. The summed E-state index contributed by atoms with van der Waals surface area (Å²) < 4.78 is 0. The molecule has 1 aromatic carbocycles. The van der Waals surface area contributed by atoms with Crippen molar-refractivity contribution >= 4 is 11.7 Å². The Hall–Kier alpha value is -1.55. The smallest absolute Gasteiger partial charge is 0.321 e. The van der Waals surface area contributed by atoms with E-state index in [1.165, 1.54) is 0 Å². The first kappa shape index (κ1) is 8.07. The SMILES string of the molecule is CC1(O)NC(=O)Nc2ccccc21. The van der Waals surface area contributed by atoms with Gasteiger partial charge in [-0.3, -0.25) is 0 Å². The van der Waals surface area contributed by atoms with Crippen molar-refractivity contribution in [3.8, 4) is 0 Å². The number of hydrogen-bond acceptors (Lipinski definition) is 2. The second-order valence-corrected chi connectivity index (χ2v) is 3.20. The predicted molar refractivity (Wildman–Crippen MR) is 48.2 cm³/mol. The Bertz CT molecular complexity index is 360. The van der Waals surface area contributed by atoms with Crippen LogP contribution in [0.3, 0.4) is 0 Å². The summed E-state index contributed by atoms with van der Waals surface area (Å²) in [6.07, 6.45) is 0. The van der Waals surface area contributed by atoms with Gasteiger partial charge in [-0.25, -0.2) is 4.79 Å². The number of anilines is 1. The lowest BCUT2D eigenvalue weighted by Gasteiger charge is -2.31. The van der Waals surface area contributed by atoms with Gasteiger partial charge < -0.3 is 15.7 Å². The molecule has 2 amide bonds. The Balaban J connectivity index is 2.56. The van der Waals surface area contributed by atoms with Gasteiger partial charge in [0.05, 0.1) is 5.69 Å². The first-order valence-corrected chi connectivity index (χ1v) is 4.01. The fourth-order valence-electron chi connectivity index (χ4n) is 1.46. The van der Waals surface area contributed by atoms with E-state index in [0.717, 1.165) is 0 Å². The standard InChI is InChI=1S/C9H10N2O2/c1-9(13)6-4-2-3-5-7(6)10-8(12)11-9/h2-5,13H,1H3,(H2,10,11,12). The topological polar surface area (TPSA) is 61.4 Å². The number of carbonyl (C=O) groups excluding carboxylic acids is 1. The average molecular weight is 178 g/mol. The maximum absolute atomic E-state index is 11.1. The highest BCUT2D eigenvalue weighted by Gasteiger charge is 2.32. The Morgan fingerprint density at radius 3 is 2.85 bits per heavy atom. The van der Waals surface area contributed by atoms with Crippen LogP contribution in [0.25, 0.3) is 0 Å². The van der Waals surface area contributed by atoms with Crippen LogP contribution in [0.5, 0.6) is 0 Å². The maximum atomic E-state index is 11.1. The van der Waals surface area contributed by atoms with E-state index in [0.29, 0.717) is 11.3 Å². The van der Waals surface area contributed by atoms with Gasteiger partial charge in [0.1, 0.15) is 0 Å².